The highest BCUT2D eigenvalue weighted by atomic mass is 16.3. The molecule has 0 saturated carbocycles. The Labute approximate surface area is 378 Å². The van der Waals surface area contributed by atoms with Crippen molar-refractivity contribution in [3.63, 3.8) is 0 Å². The lowest BCUT2D eigenvalue weighted by atomic mass is 9.79. The molecule has 0 spiro atoms. The Morgan fingerprint density at radius 3 is 1.46 bits per heavy atom. The van der Waals surface area contributed by atoms with Gasteiger partial charge in [-0.2, -0.15) is 0 Å². The Hall–Kier alpha value is -7.74. The van der Waals surface area contributed by atoms with Gasteiger partial charge in [0.05, 0.1) is 0 Å². The topological polar surface area (TPSA) is 13.1 Å². The molecule has 0 unspecified atom stereocenters. The third-order valence-electron chi connectivity index (χ3n) is 15.4. The summed E-state index contributed by atoms with van der Waals surface area (Å²) in [7, 11) is 0. The standard InChI is InChI=1S/C64H44O/c1-63(2)54-29-26-38(34-52(54)61-41-16-6-5-15-37(41)25-30-55(61)63)39-27-31-57-49(33-39)50-35-40(28-32-58(50)65-57)59-44-19-9-11-21-46(44)60(47-22-12-10-20-45(47)59)51-36-56-62(43-18-8-7-17-42(43)51)48-23-13-14-24-53(48)64(56,3)4/h5-36H,1-4H3. The van der Waals surface area contributed by atoms with Crippen molar-refractivity contribution in [2.45, 2.75) is 38.5 Å². The summed E-state index contributed by atoms with van der Waals surface area (Å²) in [5.74, 6) is 0. The predicted octanol–water partition coefficient (Wildman–Crippen LogP) is 17.8. The molecule has 12 aromatic rings. The summed E-state index contributed by atoms with van der Waals surface area (Å²) in [6.07, 6.45) is 0. The van der Waals surface area contributed by atoms with E-state index in [4.69, 9.17) is 4.42 Å². The van der Waals surface area contributed by atoms with Crippen LogP contribution in [0.25, 0.3) is 121 Å². The van der Waals surface area contributed by atoms with Gasteiger partial charge < -0.3 is 4.42 Å². The molecule has 0 amide bonds. The summed E-state index contributed by atoms with van der Waals surface area (Å²) >= 11 is 0. The first-order chi connectivity index (χ1) is 31.8. The molecule has 1 heteroatoms. The van der Waals surface area contributed by atoms with Crippen molar-refractivity contribution in [1.82, 2.24) is 0 Å². The van der Waals surface area contributed by atoms with Gasteiger partial charge in [-0.3, -0.25) is 0 Å². The molecule has 0 radical (unpaired) electrons. The van der Waals surface area contributed by atoms with E-state index in [9.17, 15) is 0 Å². The van der Waals surface area contributed by atoms with Gasteiger partial charge in [0.15, 0.2) is 0 Å². The zero-order valence-corrected chi connectivity index (χ0v) is 36.9. The molecule has 1 heterocycles. The SMILES string of the molecule is CC1(C)c2ccc(-c3ccc4oc5ccc(-c6c7ccccc7c(-c7cc8c(c9ccccc79)-c7ccccc7C8(C)C)c7ccccc67)cc5c4c3)cc2-c2c1ccc1ccccc21. The van der Waals surface area contributed by atoms with E-state index in [2.05, 4.69) is 222 Å². The monoisotopic (exact) mass is 828 g/mol. The molecular weight excluding hydrogens is 785 g/mol. The van der Waals surface area contributed by atoms with Crippen molar-refractivity contribution < 1.29 is 4.42 Å². The van der Waals surface area contributed by atoms with Gasteiger partial charge in [0.2, 0.25) is 0 Å². The van der Waals surface area contributed by atoms with E-state index in [1.54, 1.807) is 0 Å². The van der Waals surface area contributed by atoms with E-state index >= 15 is 0 Å². The zero-order chi connectivity index (χ0) is 43.3. The van der Waals surface area contributed by atoms with Crippen LogP contribution in [0, 0.1) is 0 Å². The van der Waals surface area contributed by atoms with Gasteiger partial charge >= 0.3 is 0 Å². The summed E-state index contributed by atoms with van der Waals surface area (Å²) in [5, 5.41) is 12.5. The average molecular weight is 829 g/mol. The third-order valence-corrected chi connectivity index (χ3v) is 15.4. The highest BCUT2D eigenvalue weighted by molar-refractivity contribution is 6.25. The van der Waals surface area contributed by atoms with E-state index < -0.39 is 0 Å². The molecule has 0 N–H and O–H groups in total. The Morgan fingerprint density at radius 1 is 0.277 bits per heavy atom. The van der Waals surface area contributed by atoms with Crippen LogP contribution in [-0.4, -0.2) is 0 Å². The normalized spacial score (nSPS) is 14.4. The van der Waals surface area contributed by atoms with E-state index in [-0.39, 0.29) is 10.8 Å². The van der Waals surface area contributed by atoms with Crippen molar-refractivity contribution in [3.05, 3.63) is 216 Å². The summed E-state index contributed by atoms with van der Waals surface area (Å²) < 4.78 is 6.60. The minimum absolute atomic E-state index is 0.0701. The highest BCUT2D eigenvalue weighted by Gasteiger charge is 2.38. The predicted molar refractivity (Wildman–Crippen MR) is 275 cm³/mol. The maximum atomic E-state index is 6.60. The van der Waals surface area contributed by atoms with Crippen LogP contribution in [0.5, 0.6) is 0 Å². The minimum Gasteiger partial charge on any atom is -0.456 e. The van der Waals surface area contributed by atoms with Crippen LogP contribution in [0.1, 0.15) is 49.9 Å². The lowest BCUT2D eigenvalue weighted by molar-refractivity contribution is 0.661. The van der Waals surface area contributed by atoms with Crippen LogP contribution in [0.4, 0.5) is 0 Å². The Morgan fingerprint density at radius 2 is 0.754 bits per heavy atom. The first kappa shape index (κ1) is 36.7. The number of hydrogen-bond acceptors (Lipinski definition) is 1. The second-order valence-electron chi connectivity index (χ2n) is 19.5. The summed E-state index contributed by atoms with van der Waals surface area (Å²) in [4.78, 5) is 0. The van der Waals surface area contributed by atoms with Gasteiger partial charge in [0.1, 0.15) is 11.2 Å². The zero-order valence-electron chi connectivity index (χ0n) is 36.9. The average Bonchev–Trinajstić information content (AvgIpc) is 3.91. The molecule has 1 aromatic heterocycles. The molecule has 1 nitrogen and oxygen atoms in total. The van der Waals surface area contributed by atoms with Crippen molar-refractivity contribution in [1.29, 1.82) is 0 Å². The number of furan rings is 1. The fourth-order valence-corrected chi connectivity index (χ4v) is 12.3. The molecule has 0 atom stereocenters. The van der Waals surface area contributed by atoms with Crippen LogP contribution >= 0.6 is 0 Å². The van der Waals surface area contributed by atoms with E-state index in [0.29, 0.717) is 0 Å². The first-order valence-corrected chi connectivity index (χ1v) is 23.0. The highest BCUT2D eigenvalue weighted by Crippen LogP contribution is 2.56. The lowest BCUT2D eigenvalue weighted by Crippen LogP contribution is -2.15. The van der Waals surface area contributed by atoms with Crippen LogP contribution in [0.2, 0.25) is 0 Å². The number of rotatable bonds is 3. The van der Waals surface area contributed by atoms with Gasteiger partial charge in [-0.25, -0.2) is 0 Å². The smallest absolute Gasteiger partial charge is 0.135 e. The van der Waals surface area contributed by atoms with Gasteiger partial charge in [0.25, 0.3) is 0 Å². The maximum absolute atomic E-state index is 6.60. The molecule has 0 aliphatic heterocycles. The molecule has 11 aromatic carbocycles. The Bertz CT molecular complexity index is 4000. The maximum Gasteiger partial charge on any atom is 0.135 e. The quantitative estimate of drug-likeness (QED) is 0.162. The van der Waals surface area contributed by atoms with Crippen LogP contribution < -0.4 is 0 Å². The molecule has 14 rings (SSSR count). The first-order valence-electron chi connectivity index (χ1n) is 23.0. The molecular formula is C64H44O. The molecule has 306 valence electrons. The van der Waals surface area contributed by atoms with Crippen molar-refractivity contribution >= 4 is 65.0 Å². The molecule has 0 bridgehead atoms. The summed E-state index contributed by atoms with van der Waals surface area (Å²) in [6, 6.07) is 72.7. The van der Waals surface area contributed by atoms with Gasteiger partial charge in [0, 0.05) is 21.6 Å². The fourth-order valence-electron chi connectivity index (χ4n) is 12.3. The van der Waals surface area contributed by atoms with Gasteiger partial charge in [-0.05, 0) is 157 Å². The second kappa shape index (κ2) is 12.9. The van der Waals surface area contributed by atoms with Crippen LogP contribution in [-0.2, 0) is 10.8 Å². The molecule has 0 saturated heterocycles. The van der Waals surface area contributed by atoms with Crippen LogP contribution in [0.3, 0.4) is 0 Å². The van der Waals surface area contributed by atoms with Crippen molar-refractivity contribution in [2.24, 2.45) is 0 Å². The van der Waals surface area contributed by atoms with Crippen molar-refractivity contribution in [3.8, 4) is 55.6 Å². The van der Waals surface area contributed by atoms with E-state index in [0.717, 1.165) is 21.9 Å². The fraction of sp³-hybridized carbons (Fsp3) is 0.0938. The number of fused-ring (bicyclic) bond motifs is 15. The van der Waals surface area contributed by atoms with Crippen LogP contribution in [0.15, 0.2) is 199 Å². The second-order valence-corrected chi connectivity index (χ2v) is 19.5. The lowest BCUT2D eigenvalue weighted by Gasteiger charge is -2.24. The Balaban J connectivity index is 0.962. The number of hydrogen-bond donors (Lipinski definition) is 0. The molecule has 2 aliphatic rings. The molecule has 0 fully saturated rings. The summed E-state index contributed by atoms with van der Waals surface area (Å²) in [6.45, 7) is 9.51. The van der Waals surface area contributed by atoms with E-state index in [1.165, 1.54) is 121 Å². The minimum atomic E-state index is -0.128. The largest absolute Gasteiger partial charge is 0.456 e. The summed E-state index contributed by atoms with van der Waals surface area (Å²) in [5.41, 5.74) is 20.0. The number of benzene rings is 11. The molecule has 2 aliphatic carbocycles. The Kier molecular flexibility index (Phi) is 7.30. The molecule has 65 heavy (non-hydrogen) atoms. The van der Waals surface area contributed by atoms with E-state index in [1.807, 2.05) is 0 Å². The van der Waals surface area contributed by atoms with Crippen molar-refractivity contribution in [2.75, 3.05) is 0 Å². The van der Waals surface area contributed by atoms with Gasteiger partial charge in [-0.1, -0.05) is 185 Å². The third kappa shape index (κ3) is 4.93. The van der Waals surface area contributed by atoms with Gasteiger partial charge in [-0.15, -0.1) is 0 Å².